The summed E-state index contributed by atoms with van der Waals surface area (Å²) < 4.78 is 5.83. The van der Waals surface area contributed by atoms with Crippen LogP contribution < -0.4 is 15.4 Å². The van der Waals surface area contributed by atoms with Gasteiger partial charge in [0.2, 0.25) is 0 Å². The molecule has 0 saturated carbocycles. The first-order valence-electron chi connectivity index (χ1n) is 9.13. The van der Waals surface area contributed by atoms with Crippen molar-refractivity contribution in [2.75, 3.05) is 12.4 Å². The molecular formula is C23H24N2O3. The first-order valence-corrected chi connectivity index (χ1v) is 9.13. The molecule has 0 amide bonds. The Morgan fingerprint density at radius 1 is 0.929 bits per heavy atom. The van der Waals surface area contributed by atoms with Crippen LogP contribution in [0.5, 0.6) is 11.5 Å². The molecule has 0 atom stereocenters. The predicted octanol–water partition coefficient (Wildman–Crippen LogP) is 4.82. The number of carbonyl (C=O) groups is 1. The molecule has 3 N–H and O–H groups in total. The van der Waals surface area contributed by atoms with Crippen LogP contribution in [-0.2, 0) is 13.1 Å². The highest BCUT2D eigenvalue weighted by Crippen LogP contribution is 2.24. The molecule has 28 heavy (non-hydrogen) atoms. The smallest absolute Gasteiger partial charge is 0.336 e. The van der Waals surface area contributed by atoms with E-state index >= 15 is 0 Å². The third-order valence-electron chi connectivity index (χ3n) is 4.37. The maximum Gasteiger partial charge on any atom is 0.336 e. The molecule has 0 aromatic heterocycles. The molecule has 0 fully saturated rings. The van der Waals surface area contributed by atoms with Gasteiger partial charge in [-0.1, -0.05) is 29.8 Å². The van der Waals surface area contributed by atoms with Crippen molar-refractivity contribution in [3.63, 3.8) is 0 Å². The molecule has 3 aromatic rings. The molecule has 0 aliphatic carbocycles. The van der Waals surface area contributed by atoms with Crippen molar-refractivity contribution in [3.05, 3.63) is 89.0 Å². The van der Waals surface area contributed by atoms with Crippen LogP contribution in [0.3, 0.4) is 0 Å². The average Bonchev–Trinajstić information content (AvgIpc) is 2.69. The van der Waals surface area contributed by atoms with E-state index in [0.29, 0.717) is 18.7 Å². The number of anilines is 1. The minimum absolute atomic E-state index is 0.312. The van der Waals surface area contributed by atoms with Crippen molar-refractivity contribution in [3.8, 4) is 11.5 Å². The van der Waals surface area contributed by atoms with Gasteiger partial charge in [-0.3, -0.25) is 0 Å². The Hall–Kier alpha value is -3.31. The number of hydrogen-bond acceptors (Lipinski definition) is 4. The van der Waals surface area contributed by atoms with Crippen LogP contribution in [-0.4, -0.2) is 18.1 Å². The summed E-state index contributed by atoms with van der Waals surface area (Å²) in [5, 5.41) is 15.8. The van der Waals surface area contributed by atoms with Crippen LogP contribution in [0.15, 0.2) is 66.7 Å². The number of aromatic carboxylic acids is 1. The minimum atomic E-state index is -0.922. The lowest BCUT2D eigenvalue weighted by Gasteiger charge is -2.12. The molecule has 0 bridgehead atoms. The lowest BCUT2D eigenvalue weighted by Crippen LogP contribution is -2.10. The predicted molar refractivity (Wildman–Crippen MR) is 111 cm³/mol. The molecular weight excluding hydrogens is 352 g/mol. The van der Waals surface area contributed by atoms with Gasteiger partial charge in [0, 0.05) is 18.8 Å². The van der Waals surface area contributed by atoms with Crippen molar-refractivity contribution in [1.29, 1.82) is 0 Å². The van der Waals surface area contributed by atoms with Gasteiger partial charge in [-0.2, -0.15) is 0 Å². The van der Waals surface area contributed by atoms with E-state index < -0.39 is 5.97 Å². The monoisotopic (exact) mass is 376 g/mol. The highest BCUT2D eigenvalue weighted by atomic mass is 16.5. The SMILES string of the molecule is CNCc1ccc(C(=O)O)c(CNc2ccc(Oc3ccc(C)cc3)cc2)c1. The molecule has 5 heteroatoms. The van der Waals surface area contributed by atoms with E-state index in [-0.39, 0.29) is 0 Å². The summed E-state index contributed by atoms with van der Waals surface area (Å²) in [6.07, 6.45) is 0. The van der Waals surface area contributed by atoms with E-state index in [1.807, 2.05) is 74.6 Å². The Morgan fingerprint density at radius 2 is 1.57 bits per heavy atom. The molecule has 0 saturated heterocycles. The Balaban J connectivity index is 1.66. The van der Waals surface area contributed by atoms with E-state index in [0.717, 1.165) is 28.3 Å². The first kappa shape index (κ1) is 19.5. The van der Waals surface area contributed by atoms with Gasteiger partial charge >= 0.3 is 5.97 Å². The highest BCUT2D eigenvalue weighted by Gasteiger charge is 2.10. The number of rotatable bonds is 8. The Morgan fingerprint density at radius 3 is 2.18 bits per heavy atom. The average molecular weight is 376 g/mol. The Bertz CT molecular complexity index is 935. The molecule has 0 spiro atoms. The maximum atomic E-state index is 11.5. The summed E-state index contributed by atoms with van der Waals surface area (Å²) >= 11 is 0. The van der Waals surface area contributed by atoms with Gasteiger partial charge in [0.15, 0.2) is 0 Å². The van der Waals surface area contributed by atoms with Gasteiger partial charge in [0.05, 0.1) is 5.56 Å². The summed E-state index contributed by atoms with van der Waals surface area (Å²) in [5.41, 5.74) is 4.19. The van der Waals surface area contributed by atoms with Crippen molar-refractivity contribution >= 4 is 11.7 Å². The Labute approximate surface area is 165 Å². The Kier molecular flexibility index (Phi) is 6.29. The van der Waals surface area contributed by atoms with Crippen LogP contribution in [0.1, 0.15) is 27.0 Å². The van der Waals surface area contributed by atoms with Crippen molar-refractivity contribution in [1.82, 2.24) is 5.32 Å². The summed E-state index contributed by atoms with van der Waals surface area (Å²) in [7, 11) is 1.86. The van der Waals surface area contributed by atoms with Crippen LogP contribution in [0.2, 0.25) is 0 Å². The van der Waals surface area contributed by atoms with Gasteiger partial charge in [-0.15, -0.1) is 0 Å². The molecule has 0 unspecified atom stereocenters. The van der Waals surface area contributed by atoms with E-state index in [2.05, 4.69) is 10.6 Å². The van der Waals surface area contributed by atoms with Gasteiger partial charge in [0.25, 0.3) is 0 Å². The quantitative estimate of drug-likeness (QED) is 0.526. The summed E-state index contributed by atoms with van der Waals surface area (Å²) in [6, 6.07) is 20.9. The zero-order valence-electron chi connectivity index (χ0n) is 16.0. The molecule has 0 heterocycles. The lowest BCUT2D eigenvalue weighted by molar-refractivity contribution is 0.0696. The standard InChI is InChI=1S/C23H24N2O3/c1-16-3-8-20(9-4-16)28-21-10-6-19(7-11-21)25-15-18-13-17(14-24-2)5-12-22(18)23(26)27/h3-13,24-25H,14-15H2,1-2H3,(H,26,27). The van der Waals surface area contributed by atoms with Crippen molar-refractivity contribution in [2.24, 2.45) is 0 Å². The highest BCUT2D eigenvalue weighted by molar-refractivity contribution is 5.89. The number of aryl methyl sites for hydroxylation is 1. The number of ether oxygens (including phenoxy) is 1. The zero-order valence-corrected chi connectivity index (χ0v) is 16.0. The molecule has 3 rings (SSSR count). The van der Waals surface area contributed by atoms with Crippen molar-refractivity contribution < 1.29 is 14.6 Å². The second-order valence-corrected chi connectivity index (χ2v) is 6.62. The van der Waals surface area contributed by atoms with Crippen molar-refractivity contribution in [2.45, 2.75) is 20.0 Å². The van der Waals surface area contributed by atoms with Gasteiger partial charge in [0.1, 0.15) is 11.5 Å². The first-order chi connectivity index (χ1) is 13.5. The number of carboxylic acid groups (broad SMARTS) is 1. The number of hydrogen-bond donors (Lipinski definition) is 3. The minimum Gasteiger partial charge on any atom is -0.478 e. The molecule has 3 aromatic carbocycles. The molecule has 144 valence electrons. The summed E-state index contributed by atoms with van der Waals surface area (Å²) in [6.45, 7) is 3.16. The molecule has 5 nitrogen and oxygen atoms in total. The second-order valence-electron chi connectivity index (χ2n) is 6.62. The number of carboxylic acids is 1. The van der Waals surface area contributed by atoms with Crippen LogP contribution in [0, 0.1) is 6.92 Å². The fourth-order valence-electron chi connectivity index (χ4n) is 2.90. The maximum absolute atomic E-state index is 11.5. The molecule has 0 radical (unpaired) electrons. The van der Waals surface area contributed by atoms with E-state index in [1.54, 1.807) is 6.07 Å². The fraction of sp³-hybridized carbons (Fsp3) is 0.174. The second kappa shape index (κ2) is 9.06. The number of nitrogens with one attached hydrogen (secondary N) is 2. The lowest BCUT2D eigenvalue weighted by atomic mass is 10.0. The molecule has 0 aliphatic rings. The fourth-order valence-corrected chi connectivity index (χ4v) is 2.90. The summed E-state index contributed by atoms with van der Waals surface area (Å²) in [5.74, 6) is 0.616. The number of benzene rings is 3. The topological polar surface area (TPSA) is 70.6 Å². The zero-order chi connectivity index (χ0) is 19.9. The van der Waals surface area contributed by atoms with Crippen LogP contribution in [0.25, 0.3) is 0 Å². The third-order valence-corrected chi connectivity index (χ3v) is 4.37. The van der Waals surface area contributed by atoms with E-state index in [1.165, 1.54) is 5.56 Å². The van der Waals surface area contributed by atoms with Gasteiger partial charge in [-0.05, 0) is 67.6 Å². The largest absolute Gasteiger partial charge is 0.478 e. The van der Waals surface area contributed by atoms with Crippen LogP contribution >= 0.6 is 0 Å². The van der Waals surface area contributed by atoms with Gasteiger partial charge < -0.3 is 20.5 Å². The normalized spacial score (nSPS) is 10.5. The molecule has 0 aliphatic heterocycles. The van der Waals surface area contributed by atoms with E-state index in [9.17, 15) is 9.90 Å². The van der Waals surface area contributed by atoms with E-state index in [4.69, 9.17) is 4.74 Å². The summed E-state index contributed by atoms with van der Waals surface area (Å²) in [4.78, 5) is 11.5. The third kappa shape index (κ3) is 5.11. The van der Waals surface area contributed by atoms with Gasteiger partial charge in [-0.25, -0.2) is 4.79 Å². The van der Waals surface area contributed by atoms with Crippen LogP contribution in [0.4, 0.5) is 5.69 Å².